The summed E-state index contributed by atoms with van der Waals surface area (Å²) in [7, 11) is 2.04. The molecule has 1 aromatic carbocycles. The lowest BCUT2D eigenvalue weighted by atomic mass is 9.73. The molecule has 1 saturated carbocycles. The Morgan fingerprint density at radius 1 is 1.14 bits per heavy atom. The van der Waals surface area contributed by atoms with E-state index in [1.807, 2.05) is 13.1 Å². The van der Waals surface area contributed by atoms with E-state index in [4.69, 9.17) is 0 Å². The molecule has 1 nitrogen and oxygen atoms in total. The van der Waals surface area contributed by atoms with Gasteiger partial charge in [-0.15, -0.1) is 0 Å². The zero-order valence-corrected chi connectivity index (χ0v) is 14.9. The first-order valence-electron chi connectivity index (χ1n) is 8.11. The topological polar surface area (TPSA) is 12.0 Å². The predicted molar refractivity (Wildman–Crippen MR) is 90.9 cm³/mol. The summed E-state index contributed by atoms with van der Waals surface area (Å²) in [6.07, 6.45) is 6.18. The molecule has 1 unspecified atom stereocenters. The lowest BCUT2D eigenvalue weighted by Gasteiger charge is -2.35. The lowest BCUT2D eigenvalue weighted by molar-refractivity contribution is 0.191. The molecule has 0 radical (unpaired) electrons. The smallest absolute Gasteiger partial charge is 0.124 e. The number of rotatable bonds is 5. The molecular formula is C18H27BrFN. The number of likely N-dealkylation sites (N-methyl/N-ethyl adjacent to an activating group) is 1. The minimum absolute atomic E-state index is 0.155. The van der Waals surface area contributed by atoms with Crippen LogP contribution in [0.15, 0.2) is 22.7 Å². The van der Waals surface area contributed by atoms with Crippen molar-refractivity contribution in [1.82, 2.24) is 5.32 Å². The third kappa shape index (κ3) is 4.79. The largest absolute Gasteiger partial charge is 0.316 e. The molecule has 1 aromatic rings. The summed E-state index contributed by atoms with van der Waals surface area (Å²) in [5.74, 6) is 2.25. The van der Waals surface area contributed by atoms with Crippen LogP contribution in [0.1, 0.15) is 45.1 Å². The Balaban J connectivity index is 1.97. The standard InChI is InChI=1S/C18H27BrFN/c1-12(2)14-4-6-15(7-5-14)18(21-3)10-13-8-16(19)11-17(20)9-13/h8-9,11-12,14-15,18,21H,4-7,10H2,1-3H3. The van der Waals surface area contributed by atoms with Gasteiger partial charge in [0.15, 0.2) is 0 Å². The zero-order valence-electron chi connectivity index (χ0n) is 13.3. The third-order valence-electron chi connectivity index (χ3n) is 5.08. The fourth-order valence-electron chi connectivity index (χ4n) is 3.70. The fraction of sp³-hybridized carbons (Fsp3) is 0.667. The fourth-order valence-corrected chi connectivity index (χ4v) is 4.21. The summed E-state index contributed by atoms with van der Waals surface area (Å²) in [5.41, 5.74) is 1.08. The van der Waals surface area contributed by atoms with Crippen molar-refractivity contribution < 1.29 is 4.39 Å². The Labute approximate surface area is 136 Å². The van der Waals surface area contributed by atoms with Crippen LogP contribution >= 0.6 is 15.9 Å². The number of nitrogens with one attached hydrogen (secondary N) is 1. The van der Waals surface area contributed by atoms with Gasteiger partial charge in [-0.3, -0.25) is 0 Å². The minimum atomic E-state index is -0.155. The Morgan fingerprint density at radius 2 is 1.76 bits per heavy atom. The van der Waals surface area contributed by atoms with E-state index in [-0.39, 0.29) is 5.82 Å². The molecule has 1 aliphatic carbocycles. The molecule has 0 spiro atoms. The highest BCUT2D eigenvalue weighted by molar-refractivity contribution is 9.10. The Kier molecular flexibility index (Phi) is 6.24. The van der Waals surface area contributed by atoms with E-state index >= 15 is 0 Å². The van der Waals surface area contributed by atoms with Crippen molar-refractivity contribution in [2.75, 3.05) is 7.05 Å². The molecular weight excluding hydrogens is 329 g/mol. The first-order chi connectivity index (χ1) is 9.99. The van der Waals surface area contributed by atoms with Crippen molar-refractivity contribution in [3.05, 3.63) is 34.1 Å². The maximum atomic E-state index is 13.5. The van der Waals surface area contributed by atoms with Crippen LogP contribution in [0.5, 0.6) is 0 Å². The van der Waals surface area contributed by atoms with Crippen molar-refractivity contribution >= 4 is 15.9 Å². The normalized spacial score (nSPS) is 24.3. The average molecular weight is 356 g/mol. The molecule has 2 rings (SSSR count). The number of hydrogen-bond acceptors (Lipinski definition) is 1. The van der Waals surface area contributed by atoms with Gasteiger partial charge in [-0.1, -0.05) is 29.8 Å². The van der Waals surface area contributed by atoms with Crippen molar-refractivity contribution in [2.24, 2.45) is 17.8 Å². The molecule has 0 aliphatic heterocycles. The van der Waals surface area contributed by atoms with Gasteiger partial charge in [0.1, 0.15) is 5.82 Å². The molecule has 0 amide bonds. The highest BCUT2D eigenvalue weighted by Crippen LogP contribution is 2.35. The second kappa shape index (κ2) is 7.73. The van der Waals surface area contributed by atoms with Gasteiger partial charge in [-0.2, -0.15) is 0 Å². The molecule has 118 valence electrons. The zero-order chi connectivity index (χ0) is 15.4. The van der Waals surface area contributed by atoms with Crippen molar-refractivity contribution in [3.8, 4) is 0 Å². The van der Waals surface area contributed by atoms with Crippen LogP contribution in [-0.4, -0.2) is 13.1 Å². The van der Waals surface area contributed by atoms with Gasteiger partial charge in [-0.05, 0) is 80.7 Å². The SMILES string of the molecule is CNC(Cc1cc(F)cc(Br)c1)C1CCC(C(C)C)CC1. The van der Waals surface area contributed by atoms with Crippen LogP contribution in [0.3, 0.4) is 0 Å². The Bertz CT molecular complexity index is 432. The van der Waals surface area contributed by atoms with Crippen LogP contribution in [0.2, 0.25) is 0 Å². The van der Waals surface area contributed by atoms with Gasteiger partial charge >= 0.3 is 0 Å². The molecule has 0 aromatic heterocycles. The molecule has 1 atom stereocenters. The van der Waals surface area contributed by atoms with Gasteiger partial charge in [-0.25, -0.2) is 4.39 Å². The van der Waals surface area contributed by atoms with E-state index < -0.39 is 0 Å². The van der Waals surface area contributed by atoms with Gasteiger partial charge in [0.25, 0.3) is 0 Å². The van der Waals surface area contributed by atoms with Crippen LogP contribution in [0, 0.1) is 23.6 Å². The van der Waals surface area contributed by atoms with E-state index in [1.54, 1.807) is 6.07 Å². The van der Waals surface area contributed by atoms with Crippen molar-refractivity contribution in [1.29, 1.82) is 0 Å². The molecule has 1 aliphatic rings. The summed E-state index contributed by atoms with van der Waals surface area (Å²) >= 11 is 3.38. The number of halogens is 2. The van der Waals surface area contributed by atoms with Crippen LogP contribution in [0.4, 0.5) is 4.39 Å². The molecule has 0 saturated heterocycles. The molecule has 1 N–H and O–H groups in total. The van der Waals surface area contributed by atoms with E-state index in [1.165, 1.54) is 31.7 Å². The second-order valence-electron chi connectivity index (χ2n) is 6.80. The van der Waals surface area contributed by atoms with Gasteiger partial charge in [0.2, 0.25) is 0 Å². The lowest BCUT2D eigenvalue weighted by Crippen LogP contribution is -2.38. The summed E-state index contributed by atoms with van der Waals surface area (Å²) in [4.78, 5) is 0. The monoisotopic (exact) mass is 355 g/mol. The Morgan fingerprint density at radius 3 is 2.29 bits per heavy atom. The quantitative estimate of drug-likeness (QED) is 0.766. The van der Waals surface area contributed by atoms with Crippen molar-refractivity contribution in [3.63, 3.8) is 0 Å². The molecule has 0 bridgehead atoms. The number of hydrogen-bond donors (Lipinski definition) is 1. The average Bonchev–Trinajstić information content (AvgIpc) is 2.44. The summed E-state index contributed by atoms with van der Waals surface area (Å²) in [6.45, 7) is 4.68. The molecule has 1 fully saturated rings. The van der Waals surface area contributed by atoms with E-state index in [0.29, 0.717) is 12.0 Å². The highest BCUT2D eigenvalue weighted by Gasteiger charge is 2.28. The second-order valence-corrected chi connectivity index (χ2v) is 7.71. The maximum Gasteiger partial charge on any atom is 0.124 e. The Hall–Kier alpha value is -0.410. The predicted octanol–water partition coefficient (Wildman–Crippen LogP) is 5.18. The first kappa shape index (κ1) is 17.0. The van der Waals surface area contributed by atoms with Crippen LogP contribution in [0.25, 0.3) is 0 Å². The summed E-state index contributed by atoms with van der Waals surface area (Å²) in [6, 6.07) is 5.67. The van der Waals surface area contributed by atoms with E-state index in [2.05, 4.69) is 35.1 Å². The summed E-state index contributed by atoms with van der Waals surface area (Å²) < 4.78 is 14.3. The molecule has 0 heterocycles. The van der Waals surface area contributed by atoms with E-state index in [0.717, 1.165) is 28.3 Å². The molecule has 21 heavy (non-hydrogen) atoms. The van der Waals surface area contributed by atoms with Gasteiger partial charge in [0.05, 0.1) is 0 Å². The highest BCUT2D eigenvalue weighted by atomic mass is 79.9. The first-order valence-corrected chi connectivity index (χ1v) is 8.91. The van der Waals surface area contributed by atoms with Crippen molar-refractivity contribution in [2.45, 2.75) is 52.0 Å². The van der Waals surface area contributed by atoms with E-state index in [9.17, 15) is 4.39 Å². The minimum Gasteiger partial charge on any atom is -0.316 e. The third-order valence-corrected chi connectivity index (χ3v) is 5.53. The maximum absolute atomic E-state index is 13.5. The number of benzene rings is 1. The molecule has 3 heteroatoms. The van der Waals surface area contributed by atoms with Gasteiger partial charge in [0, 0.05) is 10.5 Å². The van der Waals surface area contributed by atoms with Crippen LogP contribution in [-0.2, 0) is 6.42 Å². The van der Waals surface area contributed by atoms with Gasteiger partial charge < -0.3 is 5.32 Å². The van der Waals surface area contributed by atoms with Crippen LogP contribution < -0.4 is 5.32 Å². The summed E-state index contributed by atoms with van der Waals surface area (Å²) in [5, 5.41) is 3.47.